The van der Waals surface area contributed by atoms with Crippen molar-refractivity contribution < 1.29 is 4.79 Å². The summed E-state index contributed by atoms with van der Waals surface area (Å²) in [5, 5.41) is 14.8. The number of carbonyl (C=O) groups excluding carboxylic acids is 1. The number of piperidine rings is 1. The van der Waals surface area contributed by atoms with Gasteiger partial charge in [0.05, 0.1) is 5.69 Å². The Hall–Kier alpha value is -2.63. The minimum Gasteiger partial charge on any atom is -0.355 e. The average Bonchev–Trinajstić information content (AvgIpc) is 2.76. The van der Waals surface area contributed by atoms with E-state index in [9.17, 15) is 4.79 Å². The summed E-state index contributed by atoms with van der Waals surface area (Å²) < 4.78 is 0. The lowest BCUT2D eigenvalue weighted by molar-refractivity contribution is 0.244. The number of aromatic nitrogens is 2. The van der Waals surface area contributed by atoms with E-state index in [1.807, 2.05) is 30.3 Å². The largest absolute Gasteiger partial charge is 0.355 e. The van der Waals surface area contributed by atoms with E-state index in [-0.39, 0.29) is 6.03 Å². The summed E-state index contributed by atoms with van der Waals surface area (Å²) in [4.78, 5) is 14.5. The molecule has 2 amide bonds. The molecule has 2 aromatic rings. The Labute approximate surface area is 166 Å². The molecule has 28 heavy (non-hydrogen) atoms. The number of amides is 2. The second kappa shape index (κ2) is 9.04. The predicted octanol–water partition coefficient (Wildman–Crippen LogP) is 4.59. The van der Waals surface area contributed by atoms with E-state index >= 15 is 0 Å². The molecule has 148 valence electrons. The van der Waals surface area contributed by atoms with Gasteiger partial charge in [-0.05, 0) is 56.4 Å². The van der Waals surface area contributed by atoms with Gasteiger partial charge < -0.3 is 15.5 Å². The summed E-state index contributed by atoms with van der Waals surface area (Å²) in [7, 11) is 0. The van der Waals surface area contributed by atoms with Gasteiger partial charge in [0.2, 0.25) is 0 Å². The Bertz CT molecular complexity index is 763. The van der Waals surface area contributed by atoms with Crippen molar-refractivity contribution in [2.24, 2.45) is 0 Å². The summed E-state index contributed by atoms with van der Waals surface area (Å²) in [6.45, 7) is 2.13. The maximum atomic E-state index is 12.2. The van der Waals surface area contributed by atoms with E-state index in [4.69, 9.17) is 0 Å². The molecule has 1 aromatic heterocycles. The van der Waals surface area contributed by atoms with E-state index in [1.54, 1.807) is 0 Å². The van der Waals surface area contributed by atoms with Crippen molar-refractivity contribution in [3.63, 3.8) is 0 Å². The van der Waals surface area contributed by atoms with E-state index < -0.39 is 0 Å². The smallest absolute Gasteiger partial charge is 0.319 e. The highest BCUT2D eigenvalue weighted by Gasteiger charge is 2.16. The van der Waals surface area contributed by atoms with Crippen molar-refractivity contribution >= 4 is 17.5 Å². The Morgan fingerprint density at radius 3 is 2.25 bits per heavy atom. The molecule has 1 saturated heterocycles. The van der Waals surface area contributed by atoms with Crippen LogP contribution in [0.25, 0.3) is 11.3 Å². The van der Waals surface area contributed by atoms with Crippen LogP contribution < -0.4 is 15.5 Å². The summed E-state index contributed by atoms with van der Waals surface area (Å²) in [6, 6.07) is 12.0. The van der Waals surface area contributed by atoms with Gasteiger partial charge in [0, 0.05) is 30.4 Å². The molecule has 1 aliphatic heterocycles. The molecule has 0 atom stereocenters. The average molecular weight is 380 g/mol. The molecule has 2 heterocycles. The van der Waals surface area contributed by atoms with Crippen molar-refractivity contribution in [1.29, 1.82) is 0 Å². The Balaban J connectivity index is 1.34. The zero-order valence-corrected chi connectivity index (χ0v) is 16.4. The molecule has 2 fully saturated rings. The zero-order valence-electron chi connectivity index (χ0n) is 16.4. The molecule has 2 N–H and O–H groups in total. The predicted molar refractivity (Wildman–Crippen MR) is 113 cm³/mol. The van der Waals surface area contributed by atoms with Crippen molar-refractivity contribution in [2.75, 3.05) is 23.3 Å². The first-order chi connectivity index (χ1) is 13.8. The molecule has 6 nitrogen and oxygen atoms in total. The first-order valence-corrected chi connectivity index (χ1v) is 10.5. The summed E-state index contributed by atoms with van der Waals surface area (Å²) in [5.74, 6) is 0.959. The fraction of sp³-hybridized carbons (Fsp3) is 0.500. The van der Waals surface area contributed by atoms with Crippen LogP contribution in [0.3, 0.4) is 0 Å². The van der Waals surface area contributed by atoms with Gasteiger partial charge in [-0.15, -0.1) is 10.2 Å². The van der Waals surface area contributed by atoms with Crippen LogP contribution in [-0.4, -0.2) is 35.4 Å². The second-order valence-corrected chi connectivity index (χ2v) is 7.84. The van der Waals surface area contributed by atoms with Crippen molar-refractivity contribution in [3.8, 4) is 11.3 Å². The highest BCUT2D eigenvalue weighted by molar-refractivity contribution is 5.89. The summed E-state index contributed by atoms with van der Waals surface area (Å²) in [6.07, 6.45) is 9.62. The van der Waals surface area contributed by atoms with Gasteiger partial charge >= 0.3 is 6.03 Å². The fourth-order valence-electron chi connectivity index (χ4n) is 4.09. The van der Waals surface area contributed by atoms with Gasteiger partial charge in [-0.25, -0.2) is 4.79 Å². The SMILES string of the molecule is O=C(Nc1ccc(-c2ccc(N3CCCCC3)nn2)cc1)NC1CCCCC1. The van der Waals surface area contributed by atoms with E-state index in [2.05, 4.69) is 31.8 Å². The first kappa shape index (κ1) is 18.7. The number of carbonyl (C=O) groups is 1. The number of anilines is 2. The normalized spacial score (nSPS) is 17.9. The lowest BCUT2D eigenvalue weighted by atomic mass is 9.96. The van der Waals surface area contributed by atoms with Gasteiger partial charge in [0.1, 0.15) is 0 Å². The van der Waals surface area contributed by atoms with Crippen LogP contribution >= 0.6 is 0 Å². The van der Waals surface area contributed by atoms with E-state index in [0.717, 1.165) is 48.7 Å². The first-order valence-electron chi connectivity index (χ1n) is 10.5. The number of benzene rings is 1. The maximum absolute atomic E-state index is 12.2. The molecule has 6 heteroatoms. The molecule has 1 aliphatic carbocycles. The van der Waals surface area contributed by atoms with E-state index in [0.29, 0.717) is 6.04 Å². The van der Waals surface area contributed by atoms with E-state index in [1.165, 1.54) is 38.5 Å². The lowest BCUT2D eigenvalue weighted by Gasteiger charge is -2.27. The molecule has 1 saturated carbocycles. The highest BCUT2D eigenvalue weighted by atomic mass is 16.2. The number of nitrogens with one attached hydrogen (secondary N) is 2. The minimum atomic E-state index is -0.120. The zero-order chi connectivity index (χ0) is 19.2. The Morgan fingerprint density at radius 2 is 1.57 bits per heavy atom. The maximum Gasteiger partial charge on any atom is 0.319 e. The van der Waals surface area contributed by atoms with Gasteiger partial charge in [0.15, 0.2) is 5.82 Å². The third kappa shape index (κ3) is 4.80. The van der Waals surface area contributed by atoms with Crippen LogP contribution in [0.1, 0.15) is 51.4 Å². The van der Waals surface area contributed by atoms with Gasteiger partial charge in [-0.1, -0.05) is 31.4 Å². The molecule has 1 aromatic carbocycles. The number of hydrogen-bond donors (Lipinski definition) is 2. The van der Waals surface area contributed by atoms with Crippen molar-refractivity contribution in [1.82, 2.24) is 15.5 Å². The molecular formula is C22H29N5O. The van der Waals surface area contributed by atoms with Crippen molar-refractivity contribution in [2.45, 2.75) is 57.4 Å². The quantitative estimate of drug-likeness (QED) is 0.815. The third-order valence-electron chi connectivity index (χ3n) is 5.71. The van der Waals surface area contributed by atoms with Crippen LogP contribution in [0.15, 0.2) is 36.4 Å². The number of rotatable bonds is 4. The van der Waals surface area contributed by atoms with Crippen LogP contribution in [-0.2, 0) is 0 Å². The summed E-state index contributed by atoms with van der Waals surface area (Å²) >= 11 is 0. The monoisotopic (exact) mass is 379 g/mol. The fourth-order valence-corrected chi connectivity index (χ4v) is 4.09. The molecule has 0 unspecified atom stereocenters. The molecule has 2 aliphatic rings. The van der Waals surface area contributed by atoms with Gasteiger partial charge in [0.25, 0.3) is 0 Å². The number of nitrogens with zero attached hydrogens (tertiary/aromatic N) is 3. The molecule has 0 radical (unpaired) electrons. The second-order valence-electron chi connectivity index (χ2n) is 7.84. The number of hydrogen-bond acceptors (Lipinski definition) is 4. The highest BCUT2D eigenvalue weighted by Crippen LogP contribution is 2.22. The van der Waals surface area contributed by atoms with Crippen molar-refractivity contribution in [3.05, 3.63) is 36.4 Å². The Kier molecular flexibility index (Phi) is 6.04. The van der Waals surface area contributed by atoms with Gasteiger partial charge in [-0.2, -0.15) is 0 Å². The standard InChI is InChI=1S/C22H29N5O/c28-22(23-18-7-3-1-4-8-18)24-19-11-9-17(10-12-19)20-13-14-21(26-25-20)27-15-5-2-6-16-27/h9-14,18H,1-8,15-16H2,(H2,23,24,28). The molecular weight excluding hydrogens is 350 g/mol. The van der Waals surface area contributed by atoms with Crippen LogP contribution in [0.2, 0.25) is 0 Å². The molecule has 0 bridgehead atoms. The molecule has 0 spiro atoms. The van der Waals surface area contributed by atoms with Crippen LogP contribution in [0, 0.1) is 0 Å². The third-order valence-corrected chi connectivity index (χ3v) is 5.71. The Morgan fingerprint density at radius 1 is 0.857 bits per heavy atom. The lowest BCUT2D eigenvalue weighted by Crippen LogP contribution is -2.38. The van der Waals surface area contributed by atoms with Gasteiger partial charge in [-0.3, -0.25) is 0 Å². The van der Waals surface area contributed by atoms with Crippen LogP contribution in [0.4, 0.5) is 16.3 Å². The number of urea groups is 1. The summed E-state index contributed by atoms with van der Waals surface area (Å²) in [5.41, 5.74) is 2.63. The topological polar surface area (TPSA) is 70.2 Å². The molecule has 4 rings (SSSR count). The van der Waals surface area contributed by atoms with Crippen LogP contribution in [0.5, 0.6) is 0 Å². The minimum absolute atomic E-state index is 0.120.